The molecule has 20 heavy (non-hydrogen) atoms. The molecule has 0 radical (unpaired) electrons. The van der Waals surface area contributed by atoms with Gasteiger partial charge < -0.3 is 15.0 Å². The molecule has 2 heterocycles. The third-order valence-corrected chi connectivity index (χ3v) is 3.74. The second-order valence-corrected chi connectivity index (χ2v) is 5.44. The quantitative estimate of drug-likeness (QED) is 0.866. The summed E-state index contributed by atoms with van der Waals surface area (Å²) in [4.78, 5) is 4.47. The number of hydrogen-bond acceptors (Lipinski definition) is 5. The fourth-order valence-corrected chi connectivity index (χ4v) is 2.53. The largest absolute Gasteiger partial charge is 0.399 e. The highest BCUT2D eigenvalue weighted by atomic mass is 16.5. The first-order valence-corrected chi connectivity index (χ1v) is 6.97. The molecule has 2 N–H and O–H groups in total. The zero-order valence-corrected chi connectivity index (χ0v) is 11.6. The van der Waals surface area contributed by atoms with Crippen LogP contribution in [0.3, 0.4) is 0 Å². The highest BCUT2D eigenvalue weighted by molar-refractivity contribution is 5.40. The van der Waals surface area contributed by atoms with E-state index in [2.05, 4.69) is 16.2 Å². The van der Waals surface area contributed by atoms with Gasteiger partial charge in [-0.1, -0.05) is 17.3 Å². The average Bonchev–Trinajstić information content (AvgIpc) is 3.06. The molecule has 5 nitrogen and oxygen atoms in total. The number of benzene rings is 1. The Labute approximate surface area is 118 Å². The summed E-state index contributed by atoms with van der Waals surface area (Å²) >= 11 is 0. The van der Waals surface area contributed by atoms with Crippen LogP contribution in [0, 0.1) is 0 Å². The number of rotatable bonds is 4. The van der Waals surface area contributed by atoms with E-state index in [4.69, 9.17) is 15.0 Å². The van der Waals surface area contributed by atoms with Crippen molar-refractivity contribution >= 4 is 5.69 Å². The average molecular weight is 273 g/mol. The van der Waals surface area contributed by atoms with Gasteiger partial charge in [-0.15, -0.1) is 0 Å². The first kappa shape index (κ1) is 13.1. The number of nitrogen functional groups attached to an aromatic ring is 1. The van der Waals surface area contributed by atoms with E-state index in [-0.39, 0.29) is 5.60 Å². The summed E-state index contributed by atoms with van der Waals surface area (Å²) in [5.74, 6) is 1.32. The van der Waals surface area contributed by atoms with Gasteiger partial charge in [-0.3, -0.25) is 0 Å². The van der Waals surface area contributed by atoms with Crippen molar-refractivity contribution < 1.29 is 9.26 Å². The van der Waals surface area contributed by atoms with Crippen molar-refractivity contribution in [2.45, 2.75) is 38.2 Å². The number of ether oxygens (including phenoxy) is 1. The first-order valence-electron chi connectivity index (χ1n) is 6.97. The van der Waals surface area contributed by atoms with Crippen LogP contribution < -0.4 is 5.73 Å². The fraction of sp³-hybridized carbons (Fsp3) is 0.467. The summed E-state index contributed by atoms with van der Waals surface area (Å²) in [6.07, 6.45) is 3.54. The Morgan fingerprint density at radius 3 is 3.00 bits per heavy atom. The van der Waals surface area contributed by atoms with Crippen LogP contribution in [0.2, 0.25) is 0 Å². The van der Waals surface area contributed by atoms with E-state index in [1.54, 1.807) is 0 Å². The van der Waals surface area contributed by atoms with Gasteiger partial charge in [0.05, 0.1) is 0 Å². The summed E-state index contributed by atoms with van der Waals surface area (Å²) in [5.41, 5.74) is 7.34. The molecule has 0 spiro atoms. The van der Waals surface area contributed by atoms with E-state index < -0.39 is 0 Å². The van der Waals surface area contributed by atoms with Crippen LogP contribution in [0.4, 0.5) is 5.69 Å². The molecule has 3 rings (SSSR count). The van der Waals surface area contributed by atoms with Crippen LogP contribution in [0.25, 0.3) is 0 Å². The molecule has 1 aliphatic rings. The molecule has 5 heteroatoms. The number of aromatic nitrogens is 2. The lowest BCUT2D eigenvalue weighted by molar-refractivity contribution is 0.00768. The Morgan fingerprint density at radius 1 is 1.35 bits per heavy atom. The number of nitrogens with two attached hydrogens (primary N) is 1. The van der Waals surface area contributed by atoms with Crippen molar-refractivity contribution in [3.63, 3.8) is 0 Å². The summed E-state index contributed by atoms with van der Waals surface area (Å²) in [6.45, 7) is 2.79. The Morgan fingerprint density at radius 2 is 2.25 bits per heavy atom. The zero-order chi connectivity index (χ0) is 14.0. The Balaban J connectivity index is 1.65. The van der Waals surface area contributed by atoms with Crippen LogP contribution in [0.15, 0.2) is 28.8 Å². The van der Waals surface area contributed by atoms with Crippen molar-refractivity contribution in [2.75, 3.05) is 12.3 Å². The number of aryl methyl sites for hydroxylation is 2. The maximum atomic E-state index is 5.76. The summed E-state index contributed by atoms with van der Waals surface area (Å²) in [6, 6.07) is 7.86. The molecule has 0 bridgehead atoms. The van der Waals surface area contributed by atoms with E-state index in [0.717, 1.165) is 31.6 Å². The molecule has 0 aliphatic carbocycles. The van der Waals surface area contributed by atoms with Crippen molar-refractivity contribution in [2.24, 2.45) is 0 Å². The molecular weight excluding hydrogens is 254 g/mol. The SMILES string of the molecule is CC1(c2noc(CCc3cccc(N)c3)n2)CCCO1. The van der Waals surface area contributed by atoms with Gasteiger partial charge in [0.1, 0.15) is 5.60 Å². The van der Waals surface area contributed by atoms with E-state index >= 15 is 0 Å². The van der Waals surface area contributed by atoms with E-state index in [1.807, 2.05) is 25.1 Å². The highest BCUT2D eigenvalue weighted by Gasteiger charge is 2.36. The molecule has 1 aromatic heterocycles. The van der Waals surface area contributed by atoms with Gasteiger partial charge in [0.2, 0.25) is 11.7 Å². The molecular formula is C15H19N3O2. The van der Waals surface area contributed by atoms with E-state index in [9.17, 15) is 0 Å². The number of anilines is 1. The Hall–Kier alpha value is -1.88. The monoisotopic (exact) mass is 273 g/mol. The predicted octanol–water partition coefficient (Wildman–Crippen LogP) is 2.46. The molecule has 1 fully saturated rings. The highest BCUT2D eigenvalue weighted by Crippen LogP contribution is 2.33. The lowest BCUT2D eigenvalue weighted by Gasteiger charge is -2.17. The van der Waals surface area contributed by atoms with E-state index in [1.165, 1.54) is 5.56 Å². The van der Waals surface area contributed by atoms with Crippen molar-refractivity contribution in [3.05, 3.63) is 41.5 Å². The second-order valence-electron chi connectivity index (χ2n) is 5.44. The molecule has 0 amide bonds. The molecule has 1 saturated heterocycles. The summed E-state index contributed by atoms with van der Waals surface area (Å²) < 4.78 is 11.0. The fourth-order valence-electron chi connectivity index (χ4n) is 2.53. The summed E-state index contributed by atoms with van der Waals surface area (Å²) in [7, 11) is 0. The Bertz CT molecular complexity index is 588. The minimum Gasteiger partial charge on any atom is -0.399 e. The van der Waals surface area contributed by atoms with Crippen LogP contribution in [-0.2, 0) is 23.2 Å². The van der Waals surface area contributed by atoms with Crippen molar-refractivity contribution in [1.82, 2.24) is 10.1 Å². The number of hydrogen-bond donors (Lipinski definition) is 1. The summed E-state index contributed by atoms with van der Waals surface area (Å²) in [5, 5.41) is 4.06. The maximum Gasteiger partial charge on any atom is 0.227 e. The topological polar surface area (TPSA) is 74.2 Å². The van der Waals surface area contributed by atoms with Gasteiger partial charge >= 0.3 is 0 Å². The van der Waals surface area contributed by atoms with Gasteiger partial charge in [-0.05, 0) is 43.9 Å². The minimum atomic E-state index is -0.376. The van der Waals surface area contributed by atoms with Crippen LogP contribution in [0.5, 0.6) is 0 Å². The lowest BCUT2D eigenvalue weighted by atomic mass is 10.0. The smallest absolute Gasteiger partial charge is 0.227 e. The van der Waals surface area contributed by atoms with Gasteiger partial charge in [0.15, 0.2) is 0 Å². The Kier molecular flexibility index (Phi) is 3.44. The third-order valence-electron chi connectivity index (χ3n) is 3.74. The maximum absolute atomic E-state index is 5.76. The van der Waals surface area contributed by atoms with Crippen molar-refractivity contribution in [3.8, 4) is 0 Å². The van der Waals surface area contributed by atoms with Gasteiger partial charge in [0, 0.05) is 18.7 Å². The van der Waals surface area contributed by atoms with E-state index in [0.29, 0.717) is 18.1 Å². The molecule has 1 atom stereocenters. The zero-order valence-electron chi connectivity index (χ0n) is 11.6. The molecule has 1 aliphatic heterocycles. The molecule has 2 aromatic rings. The molecule has 1 unspecified atom stereocenters. The van der Waals surface area contributed by atoms with Gasteiger partial charge in [-0.2, -0.15) is 4.98 Å². The van der Waals surface area contributed by atoms with Crippen LogP contribution in [0.1, 0.15) is 37.0 Å². The van der Waals surface area contributed by atoms with Crippen molar-refractivity contribution in [1.29, 1.82) is 0 Å². The number of nitrogens with zero attached hydrogens (tertiary/aromatic N) is 2. The molecule has 0 saturated carbocycles. The standard InChI is InChI=1S/C15H19N3O2/c1-15(8-3-9-19-15)14-17-13(20-18-14)7-6-11-4-2-5-12(16)10-11/h2,4-5,10H,3,6-9,16H2,1H3. The van der Waals surface area contributed by atoms with Gasteiger partial charge in [-0.25, -0.2) is 0 Å². The molecule has 1 aromatic carbocycles. The normalized spacial score (nSPS) is 22.2. The molecule has 106 valence electrons. The second kappa shape index (κ2) is 5.25. The lowest BCUT2D eigenvalue weighted by Crippen LogP contribution is -2.21. The van der Waals surface area contributed by atoms with Crippen LogP contribution >= 0.6 is 0 Å². The first-order chi connectivity index (χ1) is 9.66. The predicted molar refractivity (Wildman–Crippen MR) is 75.1 cm³/mol. The third kappa shape index (κ3) is 2.67. The minimum absolute atomic E-state index is 0.376. The van der Waals surface area contributed by atoms with Gasteiger partial charge in [0.25, 0.3) is 0 Å². The van der Waals surface area contributed by atoms with Crippen LogP contribution in [-0.4, -0.2) is 16.7 Å².